The smallest absolute Gasteiger partial charge is 0.190 e. The molecule has 6 nitrogen and oxygen atoms in total. The minimum atomic E-state index is 0. The van der Waals surface area contributed by atoms with Crippen LogP contribution >= 0.6 is 35.3 Å². The van der Waals surface area contributed by atoms with E-state index in [0.717, 1.165) is 55.2 Å². The van der Waals surface area contributed by atoms with E-state index in [1.54, 1.807) is 18.4 Å². The van der Waals surface area contributed by atoms with E-state index in [2.05, 4.69) is 30.9 Å². The highest BCUT2D eigenvalue weighted by atomic mass is 127. The third kappa shape index (κ3) is 8.65. The number of hydrogen-bond acceptors (Lipinski definition) is 5. The van der Waals surface area contributed by atoms with Crippen LogP contribution in [-0.2, 0) is 11.2 Å². The normalized spacial score (nSPS) is 16.5. The number of ether oxygens (including phenoxy) is 1. The molecule has 25 heavy (non-hydrogen) atoms. The molecule has 0 bridgehead atoms. The largest absolute Gasteiger partial charge is 0.383 e. The van der Waals surface area contributed by atoms with Gasteiger partial charge < -0.3 is 20.3 Å². The molecule has 0 atom stereocenters. The number of aliphatic imine (C=N–C) groups is 1. The number of nitrogens with zero attached hydrogens (tertiary/aromatic N) is 3. The van der Waals surface area contributed by atoms with E-state index in [-0.39, 0.29) is 24.0 Å². The number of piperidine rings is 1. The summed E-state index contributed by atoms with van der Waals surface area (Å²) in [5.41, 5.74) is 1.16. The second kappa shape index (κ2) is 12.8. The number of guanidine groups is 1. The zero-order chi connectivity index (χ0) is 17.2. The van der Waals surface area contributed by atoms with Gasteiger partial charge in [-0.25, -0.2) is 4.98 Å². The zero-order valence-corrected chi connectivity index (χ0v) is 18.7. The van der Waals surface area contributed by atoms with Crippen molar-refractivity contribution in [3.8, 4) is 0 Å². The average Bonchev–Trinajstić information content (AvgIpc) is 3.02. The lowest BCUT2D eigenvalue weighted by atomic mass is 9.97. The highest BCUT2D eigenvalue weighted by Crippen LogP contribution is 2.15. The summed E-state index contributed by atoms with van der Waals surface area (Å²) in [6.45, 7) is 8.12. The van der Waals surface area contributed by atoms with Gasteiger partial charge in [0.2, 0.25) is 0 Å². The minimum absolute atomic E-state index is 0. The van der Waals surface area contributed by atoms with E-state index >= 15 is 0 Å². The van der Waals surface area contributed by atoms with Gasteiger partial charge in [-0.15, -0.1) is 35.3 Å². The van der Waals surface area contributed by atoms with Crippen molar-refractivity contribution in [2.75, 3.05) is 53.5 Å². The van der Waals surface area contributed by atoms with Crippen molar-refractivity contribution in [3.05, 3.63) is 16.1 Å². The first-order valence-electron chi connectivity index (χ1n) is 8.78. The van der Waals surface area contributed by atoms with Crippen molar-refractivity contribution in [2.45, 2.75) is 26.2 Å². The SMILES string of the molecule is CN=C(NCCc1csc(C)n1)NCC1CCN(CCOC)CC1.I. The Morgan fingerprint density at radius 1 is 1.40 bits per heavy atom. The molecule has 0 amide bonds. The maximum absolute atomic E-state index is 5.15. The molecule has 8 heteroatoms. The molecule has 0 radical (unpaired) electrons. The van der Waals surface area contributed by atoms with Crippen LogP contribution in [0.25, 0.3) is 0 Å². The number of hydrogen-bond donors (Lipinski definition) is 2. The van der Waals surface area contributed by atoms with Gasteiger partial charge in [0.05, 0.1) is 17.3 Å². The Morgan fingerprint density at radius 2 is 2.16 bits per heavy atom. The summed E-state index contributed by atoms with van der Waals surface area (Å²) in [4.78, 5) is 11.3. The van der Waals surface area contributed by atoms with Crippen LogP contribution in [0.15, 0.2) is 10.4 Å². The van der Waals surface area contributed by atoms with E-state index in [1.807, 2.05) is 14.0 Å². The van der Waals surface area contributed by atoms with E-state index in [1.165, 1.54) is 25.9 Å². The number of aryl methyl sites for hydroxylation is 1. The summed E-state index contributed by atoms with van der Waals surface area (Å²) in [7, 11) is 3.60. The maximum atomic E-state index is 5.15. The first kappa shape index (κ1) is 22.6. The number of aromatic nitrogens is 1. The molecular formula is C17H32IN5OS. The van der Waals surface area contributed by atoms with Gasteiger partial charge in [0.1, 0.15) is 0 Å². The van der Waals surface area contributed by atoms with Crippen molar-refractivity contribution in [1.82, 2.24) is 20.5 Å². The minimum Gasteiger partial charge on any atom is -0.383 e. The van der Waals surface area contributed by atoms with Crippen molar-refractivity contribution in [1.29, 1.82) is 0 Å². The van der Waals surface area contributed by atoms with Crippen LogP contribution in [0.2, 0.25) is 0 Å². The predicted octanol–water partition coefficient (Wildman–Crippen LogP) is 2.14. The van der Waals surface area contributed by atoms with Gasteiger partial charge in [0.15, 0.2) is 5.96 Å². The quantitative estimate of drug-likeness (QED) is 0.339. The first-order valence-corrected chi connectivity index (χ1v) is 9.66. The summed E-state index contributed by atoms with van der Waals surface area (Å²) < 4.78 is 5.15. The molecule has 1 aliphatic heterocycles. The molecule has 0 saturated carbocycles. The molecule has 1 fully saturated rings. The number of likely N-dealkylation sites (tertiary alicyclic amines) is 1. The average molecular weight is 481 g/mol. The number of thiazole rings is 1. The molecule has 1 aromatic heterocycles. The molecule has 1 aromatic rings. The zero-order valence-electron chi connectivity index (χ0n) is 15.6. The Bertz CT molecular complexity index is 503. The molecule has 1 aliphatic rings. The molecule has 0 spiro atoms. The van der Waals surface area contributed by atoms with Gasteiger partial charge in [-0.05, 0) is 38.8 Å². The molecule has 0 aromatic carbocycles. The van der Waals surface area contributed by atoms with Gasteiger partial charge in [-0.2, -0.15) is 0 Å². The number of rotatable bonds is 8. The van der Waals surface area contributed by atoms with E-state index < -0.39 is 0 Å². The number of halogens is 1. The molecule has 0 aliphatic carbocycles. The monoisotopic (exact) mass is 481 g/mol. The molecule has 144 valence electrons. The van der Waals surface area contributed by atoms with Gasteiger partial charge in [0.25, 0.3) is 0 Å². The highest BCUT2D eigenvalue weighted by molar-refractivity contribution is 14.0. The van der Waals surface area contributed by atoms with Crippen LogP contribution in [0.1, 0.15) is 23.5 Å². The van der Waals surface area contributed by atoms with Gasteiger partial charge in [-0.1, -0.05) is 0 Å². The lowest BCUT2D eigenvalue weighted by Crippen LogP contribution is -2.43. The van der Waals surface area contributed by atoms with Crippen molar-refractivity contribution in [2.24, 2.45) is 10.9 Å². The second-order valence-corrected chi connectivity index (χ2v) is 7.33. The summed E-state index contributed by atoms with van der Waals surface area (Å²) in [6, 6.07) is 0. The Hall–Kier alpha value is -0.450. The fourth-order valence-corrected chi connectivity index (χ4v) is 3.58. The standard InChI is InChI=1S/C17H31N5OS.HI/c1-14-21-16(13-24-14)4-7-19-17(18-2)20-12-15-5-8-22(9-6-15)10-11-23-3;/h13,15H,4-12H2,1-3H3,(H2,18,19,20);1H. The van der Waals surface area contributed by atoms with Crippen LogP contribution in [0.5, 0.6) is 0 Å². The third-order valence-electron chi connectivity index (χ3n) is 4.44. The van der Waals surface area contributed by atoms with Crippen LogP contribution in [0, 0.1) is 12.8 Å². The molecule has 2 rings (SSSR count). The molecule has 1 saturated heterocycles. The Labute approximate surface area is 172 Å². The van der Waals surface area contributed by atoms with Crippen molar-refractivity contribution in [3.63, 3.8) is 0 Å². The van der Waals surface area contributed by atoms with Crippen molar-refractivity contribution >= 4 is 41.3 Å². The van der Waals surface area contributed by atoms with Gasteiger partial charge >= 0.3 is 0 Å². The Balaban J connectivity index is 0.00000312. The van der Waals surface area contributed by atoms with E-state index in [9.17, 15) is 0 Å². The second-order valence-electron chi connectivity index (χ2n) is 6.27. The molecule has 0 unspecified atom stereocenters. The fourth-order valence-electron chi connectivity index (χ4n) is 2.93. The van der Waals surface area contributed by atoms with Gasteiger partial charge in [0, 0.05) is 45.6 Å². The highest BCUT2D eigenvalue weighted by Gasteiger charge is 2.18. The molecular weight excluding hydrogens is 449 g/mol. The molecule has 2 heterocycles. The topological polar surface area (TPSA) is 61.8 Å². The fraction of sp³-hybridized carbons (Fsp3) is 0.765. The Kier molecular flexibility index (Phi) is 11.6. The van der Waals surface area contributed by atoms with E-state index in [0.29, 0.717) is 0 Å². The van der Waals surface area contributed by atoms with Crippen LogP contribution in [0.4, 0.5) is 0 Å². The van der Waals surface area contributed by atoms with Crippen LogP contribution in [-0.4, -0.2) is 69.3 Å². The molecule has 2 N–H and O–H groups in total. The summed E-state index contributed by atoms with van der Waals surface area (Å²) in [5.74, 6) is 1.62. The lowest BCUT2D eigenvalue weighted by molar-refractivity contribution is 0.121. The van der Waals surface area contributed by atoms with E-state index in [4.69, 9.17) is 4.74 Å². The number of methoxy groups -OCH3 is 1. The first-order chi connectivity index (χ1) is 11.7. The van der Waals surface area contributed by atoms with Crippen molar-refractivity contribution < 1.29 is 4.74 Å². The summed E-state index contributed by atoms with van der Waals surface area (Å²) in [6.07, 6.45) is 3.42. The lowest BCUT2D eigenvalue weighted by Gasteiger charge is -2.32. The van der Waals surface area contributed by atoms with Gasteiger partial charge in [-0.3, -0.25) is 4.99 Å². The number of nitrogens with one attached hydrogen (secondary N) is 2. The predicted molar refractivity (Wildman–Crippen MR) is 116 cm³/mol. The third-order valence-corrected chi connectivity index (χ3v) is 5.26. The van der Waals surface area contributed by atoms with Crippen LogP contribution < -0.4 is 10.6 Å². The maximum Gasteiger partial charge on any atom is 0.190 e. The summed E-state index contributed by atoms with van der Waals surface area (Å²) in [5, 5.41) is 10.1. The summed E-state index contributed by atoms with van der Waals surface area (Å²) >= 11 is 1.71. The Morgan fingerprint density at radius 3 is 2.76 bits per heavy atom. The van der Waals surface area contributed by atoms with Crippen LogP contribution in [0.3, 0.4) is 0 Å².